The Balaban J connectivity index is 1.44. The maximum atomic E-state index is 9.23. The van der Waals surface area contributed by atoms with Gasteiger partial charge in [0.25, 0.3) is 0 Å². The average molecular weight is 316 g/mol. The highest BCUT2D eigenvalue weighted by molar-refractivity contribution is 4.98. The highest BCUT2D eigenvalue weighted by atomic mass is 14.5. The van der Waals surface area contributed by atoms with Gasteiger partial charge in [0.05, 0.1) is 6.07 Å². The van der Waals surface area contributed by atoms with Gasteiger partial charge in [0.15, 0.2) is 0 Å². The SMILES string of the molecule is CCCCCCC[C@@H]1CCC2C(CCC3C[C@H](C#N)CCC32)C1. The molecule has 0 aliphatic heterocycles. The summed E-state index contributed by atoms with van der Waals surface area (Å²) >= 11 is 0. The largest absolute Gasteiger partial charge is 0.198 e. The van der Waals surface area contributed by atoms with Crippen molar-refractivity contribution >= 4 is 0 Å². The summed E-state index contributed by atoms with van der Waals surface area (Å²) in [5.74, 6) is 5.40. The van der Waals surface area contributed by atoms with E-state index in [2.05, 4.69) is 13.0 Å². The molecule has 0 radical (unpaired) electrons. The van der Waals surface area contributed by atoms with Gasteiger partial charge in [-0.3, -0.25) is 0 Å². The van der Waals surface area contributed by atoms with E-state index in [1.165, 1.54) is 83.5 Å². The van der Waals surface area contributed by atoms with Gasteiger partial charge in [0, 0.05) is 5.92 Å². The molecule has 0 saturated heterocycles. The number of nitrogens with zero attached hydrogens (tertiary/aromatic N) is 1. The van der Waals surface area contributed by atoms with Gasteiger partial charge in [-0.2, -0.15) is 5.26 Å². The molecule has 0 aromatic rings. The molecule has 130 valence electrons. The third-order valence-electron chi connectivity index (χ3n) is 7.55. The molecule has 1 nitrogen and oxygen atoms in total. The summed E-state index contributed by atoms with van der Waals surface area (Å²) < 4.78 is 0. The minimum absolute atomic E-state index is 0.382. The van der Waals surface area contributed by atoms with Crippen molar-refractivity contribution in [2.75, 3.05) is 0 Å². The lowest BCUT2D eigenvalue weighted by molar-refractivity contribution is 0.00278. The van der Waals surface area contributed by atoms with Gasteiger partial charge in [0.2, 0.25) is 0 Å². The topological polar surface area (TPSA) is 23.8 Å². The van der Waals surface area contributed by atoms with Crippen LogP contribution < -0.4 is 0 Å². The second kappa shape index (κ2) is 8.55. The van der Waals surface area contributed by atoms with E-state index >= 15 is 0 Å². The number of nitriles is 1. The number of unbranched alkanes of at least 4 members (excludes halogenated alkanes) is 4. The molecule has 3 fully saturated rings. The van der Waals surface area contributed by atoms with Crippen molar-refractivity contribution in [3.05, 3.63) is 0 Å². The van der Waals surface area contributed by atoms with Crippen molar-refractivity contribution in [2.45, 2.75) is 96.8 Å². The van der Waals surface area contributed by atoms with Gasteiger partial charge >= 0.3 is 0 Å². The Kier molecular flexibility index (Phi) is 6.44. The Morgan fingerprint density at radius 3 is 2.22 bits per heavy atom. The second-order valence-corrected chi connectivity index (χ2v) is 8.95. The molecule has 0 N–H and O–H groups in total. The van der Waals surface area contributed by atoms with Gasteiger partial charge in [-0.1, -0.05) is 51.9 Å². The zero-order valence-corrected chi connectivity index (χ0v) is 15.3. The van der Waals surface area contributed by atoms with Crippen molar-refractivity contribution in [1.82, 2.24) is 0 Å². The van der Waals surface area contributed by atoms with Gasteiger partial charge in [-0.15, -0.1) is 0 Å². The van der Waals surface area contributed by atoms with E-state index < -0.39 is 0 Å². The Labute approximate surface area is 144 Å². The molecule has 3 saturated carbocycles. The first-order valence-electron chi connectivity index (χ1n) is 10.7. The lowest BCUT2D eigenvalue weighted by Crippen LogP contribution is -2.41. The number of fused-ring (bicyclic) bond motifs is 3. The van der Waals surface area contributed by atoms with Crippen LogP contribution in [0.4, 0.5) is 0 Å². The van der Waals surface area contributed by atoms with E-state index in [-0.39, 0.29) is 0 Å². The molecule has 0 heterocycles. The molecule has 1 heteroatoms. The molecule has 3 rings (SSSR count). The lowest BCUT2D eigenvalue weighted by atomic mass is 9.55. The summed E-state index contributed by atoms with van der Waals surface area (Å²) in [4.78, 5) is 0. The monoisotopic (exact) mass is 315 g/mol. The first-order valence-corrected chi connectivity index (χ1v) is 10.7. The molecule has 0 bridgehead atoms. The standard InChI is InChI=1S/C22H37N/c1-2-3-4-5-6-7-17-8-12-21-19(14-17)10-11-20-15-18(16-23)9-13-22(20)21/h17-22H,2-15H2,1H3/t17-,18-,19?,20?,21?,22?/m1/s1. The second-order valence-electron chi connectivity index (χ2n) is 8.95. The normalized spacial score (nSPS) is 40.0. The quantitative estimate of drug-likeness (QED) is 0.498. The van der Waals surface area contributed by atoms with Gasteiger partial charge in [-0.05, 0) is 74.5 Å². The molecule has 0 aromatic heterocycles. The molecule has 3 aliphatic rings. The van der Waals surface area contributed by atoms with Crippen molar-refractivity contribution < 1.29 is 0 Å². The van der Waals surface area contributed by atoms with E-state index in [9.17, 15) is 5.26 Å². The number of hydrogen-bond donors (Lipinski definition) is 0. The molecule has 6 atom stereocenters. The van der Waals surface area contributed by atoms with Crippen LogP contribution in [-0.2, 0) is 0 Å². The van der Waals surface area contributed by atoms with Crippen LogP contribution in [-0.4, -0.2) is 0 Å². The maximum absolute atomic E-state index is 9.23. The van der Waals surface area contributed by atoms with E-state index in [0.717, 1.165) is 29.6 Å². The summed E-state index contributed by atoms with van der Waals surface area (Å²) in [6.07, 6.45) is 20.0. The molecule has 0 spiro atoms. The molecule has 23 heavy (non-hydrogen) atoms. The fourth-order valence-corrected chi connectivity index (χ4v) is 6.31. The Hall–Kier alpha value is -0.510. The Bertz CT molecular complexity index is 395. The predicted molar refractivity (Wildman–Crippen MR) is 96.9 cm³/mol. The summed E-state index contributed by atoms with van der Waals surface area (Å²) in [6.45, 7) is 2.31. The maximum Gasteiger partial charge on any atom is 0.0655 e. The predicted octanol–water partition coefficient (Wildman–Crippen LogP) is 6.73. The van der Waals surface area contributed by atoms with Gasteiger partial charge in [-0.25, -0.2) is 0 Å². The number of rotatable bonds is 6. The zero-order chi connectivity index (χ0) is 16.1. The summed E-state index contributed by atoms with van der Waals surface area (Å²) in [5, 5.41) is 9.23. The fourth-order valence-electron chi connectivity index (χ4n) is 6.31. The van der Waals surface area contributed by atoms with E-state index in [4.69, 9.17) is 0 Å². The average Bonchev–Trinajstić information content (AvgIpc) is 2.60. The first-order chi connectivity index (χ1) is 11.3. The van der Waals surface area contributed by atoms with Crippen LogP contribution in [0, 0.1) is 46.8 Å². The Morgan fingerprint density at radius 1 is 0.783 bits per heavy atom. The highest BCUT2D eigenvalue weighted by Gasteiger charge is 2.44. The van der Waals surface area contributed by atoms with Crippen LogP contribution in [0.3, 0.4) is 0 Å². The van der Waals surface area contributed by atoms with E-state index in [0.29, 0.717) is 5.92 Å². The molecular formula is C22H37N. The first kappa shape index (κ1) is 17.3. The van der Waals surface area contributed by atoms with Crippen LogP contribution in [0.2, 0.25) is 0 Å². The molecule has 0 aromatic carbocycles. The van der Waals surface area contributed by atoms with Gasteiger partial charge < -0.3 is 0 Å². The minimum atomic E-state index is 0.382. The fraction of sp³-hybridized carbons (Fsp3) is 0.955. The van der Waals surface area contributed by atoms with Crippen LogP contribution >= 0.6 is 0 Å². The summed E-state index contributed by atoms with van der Waals surface area (Å²) in [7, 11) is 0. The number of hydrogen-bond acceptors (Lipinski definition) is 1. The molecule has 4 unspecified atom stereocenters. The van der Waals surface area contributed by atoms with Crippen LogP contribution in [0.5, 0.6) is 0 Å². The van der Waals surface area contributed by atoms with Gasteiger partial charge in [0.1, 0.15) is 0 Å². The van der Waals surface area contributed by atoms with E-state index in [1.54, 1.807) is 6.42 Å². The summed E-state index contributed by atoms with van der Waals surface area (Å²) in [5.41, 5.74) is 0. The zero-order valence-electron chi connectivity index (χ0n) is 15.3. The third kappa shape index (κ3) is 4.32. The van der Waals surface area contributed by atoms with E-state index in [1.807, 2.05) is 0 Å². The van der Waals surface area contributed by atoms with Crippen LogP contribution in [0.15, 0.2) is 0 Å². The van der Waals surface area contributed by atoms with Crippen molar-refractivity contribution in [3.8, 4) is 6.07 Å². The van der Waals surface area contributed by atoms with Crippen LogP contribution in [0.1, 0.15) is 96.8 Å². The highest BCUT2D eigenvalue weighted by Crippen LogP contribution is 2.53. The van der Waals surface area contributed by atoms with Crippen molar-refractivity contribution in [2.24, 2.45) is 35.5 Å². The smallest absolute Gasteiger partial charge is 0.0655 e. The van der Waals surface area contributed by atoms with Crippen LogP contribution in [0.25, 0.3) is 0 Å². The third-order valence-corrected chi connectivity index (χ3v) is 7.55. The molecule has 0 amide bonds. The summed E-state index contributed by atoms with van der Waals surface area (Å²) in [6, 6.07) is 2.55. The van der Waals surface area contributed by atoms with Crippen molar-refractivity contribution in [1.29, 1.82) is 5.26 Å². The minimum Gasteiger partial charge on any atom is -0.198 e. The lowest BCUT2D eigenvalue weighted by Gasteiger charge is -2.50. The Morgan fingerprint density at radius 2 is 1.48 bits per heavy atom. The molecular weight excluding hydrogens is 278 g/mol. The van der Waals surface area contributed by atoms with Crippen molar-refractivity contribution in [3.63, 3.8) is 0 Å². The molecule has 3 aliphatic carbocycles.